The summed E-state index contributed by atoms with van der Waals surface area (Å²) in [5.74, 6) is 0.467. The SMILES string of the molecule is C=C(C)[C@@H]1Cc2c(cc(O)c3c(=O)cc(CO)oc23)O1. The van der Waals surface area contributed by atoms with E-state index in [1.165, 1.54) is 12.1 Å². The molecule has 2 heterocycles. The molecule has 2 N–H and O–H groups in total. The third kappa shape index (κ3) is 1.78. The Morgan fingerprint density at radius 3 is 2.90 bits per heavy atom. The minimum Gasteiger partial charge on any atom is -0.507 e. The van der Waals surface area contributed by atoms with Crippen molar-refractivity contribution in [3.8, 4) is 11.5 Å². The van der Waals surface area contributed by atoms with Crippen molar-refractivity contribution in [2.75, 3.05) is 0 Å². The molecule has 20 heavy (non-hydrogen) atoms. The highest BCUT2D eigenvalue weighted by Gasteiger charge is 2.29. The Hall–Kier alpha value is -2.27. The summed E-state index contributed by atoms with van der Waals surface area (Å²) in [5.41, 5.74) is 1.47. The summed E-state index contributed by atoms with van der Waals surface area (Å²) >= 11 is 0. The van der Waals surface area contributed by atoms with Gasteiger partial charge in [0, 0.05) is 24.1 Å². The van der Waals surface area contributed by atoms with Crippen LogP contribution in [0.1, 0.15) is 18.2 Å². The Balaban J connectivity index is 2.31. The van der Waals surface area contributed by atoms with Crippen LogP contribution < -0.4 is 10.2 Å². The fraction of sp³-hybridized carbons (Fsp3) is 0.267. The van der Waals surface area contributed by atoms with Crippen LogP contribution in [0.15, 0.2) is 33.5 Å². The average Bonchev–Trinajstić information content (AvgIpc) is 2.82. The monoisotopic (exact) mass is 274 g/mol. The molecule has 0 fully saturated rings. The molecular formula is C15H14O5. The van der Waals surface area contributed by atoms with Gasteiger partial charge in [0.1, 0.15) is 40.9 Å². The van der Waals surface area contributed by atoms with Gasteiger partial charge in [0.05, 0.1) is 0 Å². The first kappa shape index (κ1) is 12.7. The van der Waals surface area contributed by atoms with E-state index in [4.69, 9.17) is 14.3 Å². The lowest BCUT2D eigenvalue weighted by Gasteiger charge is -2.09. The molecular weight excluding hydrogens is 260 g/mol. The fourth-order valence-corrected chi connectivity index (χ4v) is 2.42. The van der Waals surface area contributed by atoms with Gasteiger partial charge < -0.3 is 19.4 Å². The lowest BCUT2D eigenvalue weighted by molar-refractivity contribution is 0.248. The largest absolute Gasteiger partial charge is 0.507 e. The summed E-state index contributed by atoms with van der Waals surface area (Å²) in [4.78, 5) is 12.0. The topological polar surface area (TPSA) is 79.9 Å². The predicted octanol–water partition coefficient (Wildman–Crippen LogP) is 1.87. The van der Waals surface area contributed by atoms with E-state index in [1.807, 2.05) is 6.92 Å². The summed E-state index contributed by atoms with van der Waals surface area (Å²) < 4.78 is 11.2. The Kier molecular flexibility index (Phi) is 2.79. The number of hydrogen-bond acceptors (Lipinski definition) is 5. The molecule has 2 aromatic rings. The lowest BCUT2D eigenvalue weighted by Crippen LogP contribution is -2.13. The van der Waals surface area contributed by atoms with Crippen molar-refractivity contribution in [3.05, 3.63) is 45.8 Å². The van der Waals surface area contributed by atoms with E-state index in [0.29, 0.717) is 12.2 Å². The van der Waals surface area contributed by atoms with Gasteiger partial charge in [0.25, 0.3) is 0 Å². The number of phenolic OH excluding ortho intramolecular Hbond substituents is 1. The summed E-state index contributed by atoms with van der Waals surface area (Å²) in [7, 11) is 0. The number of hydrogen-bond donors (Lipinski definition) is 2. The smallest absolute Gasteiger partial charge is 0.196 e. The third-order valence-electron chi connectivity index (χ3n) is 3.46. The second kappa shape index (κ2) is 4.38. The van der Waals surface area contributed by atoms with E-state index in [2.05, 4.69) is 6.58 Å². The van der Waals surface area contributed by atoms with Crippen LogP contribution in [0.25, 0.3) is 11.0 Å². The van der Waals surface area contributed by atoms with E-state index in [9.17, 15) is 9.90 Å². The van der Waals surface area contributed by atoms with Gasteiger partial charge in [0.15, 0.2) is 5.43 Å². The molecule has 0 spiro atoms. The quantitative estimate of drug-likeness (QED) is 0.817. The number of fused-ring (bicyclic) bond motifs is 3. The van der Waals surface area contributed by atoms with Crippen molar-refractivity contribution in [1.82, 2.24) is 0 Å². The van der Waals surface area contributed by atoms with Gasteiger partial charge in [-0.2, -0.15) is 0 Å². The summed E-state index contributed by atoms with van der Waals surface area (Å²) in [5, 5.41) is 19.2. The van der Waals surface area contributed by atoms with Gasteiger partial charge in [-0.1, -0.05) is 6.58 Å². The number of ether oxygens (including phenoxy) is 1. The zero-order chi connectivity index (χ0) is 14.4. The molecule has 1 aliphatic rings. The molecule has 1 aliphatic heterocycles. The summed E-state index contributed by atoms with van der Waals surface area (Å²) in [6, 6.07) is 2.61. The molecule has 0 saturated heterocycles. The van der Waals surface area contributed by atoms with Crippen molar-refractivity contribution in [2.45, 2.75) is 26.1 Å². The fourth-order valence-electron chi connectivity index (χ4n) is 2.42. The third-order valence-corrected chi connectivity index (χ3v) is 3.46. The number of benzene rings is 1. The minimum absolute atomic E-state index is 0.118. The van der Waals surface area contributed by atoms with Crippen LogP contribution in [0.3, 0.4) is 0 Å². The Labute approximate surface area is 114 Å². The minimum atomic E-state index is -0.380. The molecule has 3 rings (SSSR count). The lowest BCUT2D eigenvalue weighted by atomic mass is 10.0. The molecule has 5 nitrogen and oxygen atoms in total. The first-order valence-electron chi connectivity index (χ1n) is 6.25. The molecule has 0 unspecified atom stereocenters. The highest BCUT2D eigenvalue weighted by Crippen LogP contribution is 2.40. The van der Waals surface area contributed by atoms with Crippen molar-refractivity contribution in [1.29, 1.82) is 0 Å². The maximum absolute atomic E-state index is 12.0. The molecule has 0 radical (unpaired) electrons. The van der Waals surface area contributed by atoms with Gasteiger partial charge >= 0.3 is 0 Å². The normalized spacial score (nSPS) is 17.0. The standard InChI is InChI=1S/C15H14O5/c1-7(2)12-4-9-13(20-12)5-11(18)14-10(17)3-8(6-16)19-15(9)14/h3,5,12,16,18H,1,4,6H2,2H3/t12-/m0/s1. The van der Waals surface area contributed by atoms with Gasteiger partial charge in [-0.15, -0.1) is 0 Å². The van der Waals surface area contributed by atoms with Crippen LogP contribution in [0.5, 0.6) is 11.5 Å². The van der Waals surface area contributed by atoms with Crippen LogP contribution in [-0.2, 0) is 13.0 Å². The maximum atomic E-state index is 12.0. The second-order valence-electron chi connectivity index (χ2n) is 4.97. The molecule has 0 bridgehead atoms. The van der Waals surface area contributed by atoms with Crippen LogP contribution in [-0.4, -0.2) is 16.3 Å². The molecule has 1 aromatic heterocycles. The van der Waals surface area contributed by atoms with Crippen molar-refractivity contribution >= 4 is 11.0 Å². The van der Waals surface area contributed by atoms with Crippen molar-refractivity contribution < 1.29 is 19.4 Å². The van der Waals surface area contributed by atoms with Gasteiger partial charge in [-0.25, -0.2) is 0 Å². The van der Waals surface area contributed by atoms with E-state index in [1.54, 1.807) is 0 Å². The number of rotatable bonds is 2. The van der Waals surface area contributed by atoms with E-state index in [-0.39, 0.29) is 40.6 Å². The molecule has 1 aromatic carbocycles. The van der Waals surface area contributed by atoms with Crippen LogP contribution in [0, 0.1) is 0 Å². The first-order chi connectivity index (χ1) is 9.51. The average molecular weight is 274 g/mol. The van der Waals surface area contributed by atoms with E-state index >= 15 is 0 Å². The molecule has 5 heteroatoms. The zero-order valence-corrected chi connectivity index (χ0v) is 11.0. The number of aliphatic hydroxyl groups is 1. The van der Waals surface area contributed by atoms with Crippen molar-refractivity contribution in [3.63, 3.8) is 0 Å². The summed E-state index contributed by atoms with van der Waals surface area (Å²) in [6.45, 7) is 5.33. The number of phenols is 1. The Bertz CT molecular complexity index is 772. The summed E-state index contributed by atoms with van der Waals surface area (Å²) in [6.07, 6.45) is 0.331. The Morgan fingerprint density at radius 2 is 2.25 bits per heavy atom. The zero-order valence-electron chi connectivity index (χ0n) is 11.0. The molecule has 0 amide bonds. The van der Waals surface area contributed by atoms with Gasteiger partial charge in [-0.05, 0) is 12.5 Å². The highest BCUT2D eigenvalue weighted by atomic mass is 16.5. The van der Waals surface area contributed by atoms with Gasteiger partial charge in [0.2, 0.25) is 0 Å². The molecule has 104 valence electrons. The van der Waals surface area contributed by atoms with Crippen LogP contribution >= 0.6 is 0 Å². The number of aliphatic hydroxyl groups excluding tert-OH is 1. The van der Waals surface area contributed by atoms with E-state index in [0.717, 1.165) is 11.1 Å². The number of aromatic hydroxyl groups is 1. The maximum Gasteiger partial charge on any atom is 0.196 e. The second-order valence-corrected chi connectivity index (χ2v) is 4.97. The van der Waals surface area contributed by atoms with Crippen LogP contribution in [0.4, 0.5) is 0 Å². The predicted molar refractivity (Wildman–Crippen MR) is 73.0 cm³/mol. The highest BCUT2D eigenvalue weighted by molar-refractivity contribution is 5.88. The molecule has 0 aliphatic carbocycles. The van der Waals surface area contributed by atoms with Crippen LogP contribution in [0.2, 0.25) is 0 Å². The Morgan fingerprint density at radius 1 is 1.50 bits per heavy atom. The first-order valence-corrected chi connectivity index (χ1v) is 6.25. The van der Waals surface area contributed by atoms with Gasteiger partial charge in [-0.3, -0.25) is 4.79 Å². The van der Waals surface area contributed by atoms with Crippen molar-refractivity contribution in [2.24, 2.45) is 0 Å². The molecule has 1 atom stereocenters. The van der Waals surface area contributed by atoms with E-state index < -0.39 is 0 Å². The molecule has 0 saturated carbocycles.